The van der Waals surface area contributed by atoms with Gasteiger partial charge in [-0.15, -0.1) is 11.3 Å². The van der Waals surface area contributed by atoms with Gasteiger partial charge >= 0.3 is 0 Å². The van der Waals surface area contributed by atoms with Crippen LogP contribution in [0.3, 0.4) is 0 Å². The van der Waals surface area contributed by atoms with Gasteiger partial charge in [-0.2, -0.15) is 0 Å². The summed E-state index contributed by atoms with van der Waals surface area (Å²) in [6.07, 6.45) is 2.01. The summed E-state index contributed by atoms with van der Waals surface area (Å²) < 4.78 is 0. The average molecular weight is 350 g/mol. The minimum absolute atomic E-state index is 0.120. The number of nitrogens with one attached hydrogen (secondary N) is 1. The highest BCUT2D eigenvalue weighted by atomic mass is 32.1. The van der Waals surface area contributed by atoms with Gasteiger partial charge in [-0.25, -0.2) is 4.98 Å². The highest BCUT2D eigenvalue weighted by molar-refractivity contribution is 7.16. The van der Waals surface area contributed by atoms with E-state index < -0.39 is 0 Å². The predicted octanol–water partition coefficient (Wildman–Crippen LogP) is 5.63. The Balaban J connectivity index is 1.95. The van der Waals surface area contributed by atoms with Gasteiger partial charge in [0.1, 0.15) is 0 Å². The Morgan fingerprint density at radius 1 is 1.12 bits per heavy atom. The fraction of sp³-hybridized carbons (Fsp3) is 0.238. The van der Waals surface area contributed by atoms with Crippen molar-refractivity contribution in [3.63, 3.8) is 0 Å². The summed E-state index contributed by atoms with van der Waals surface area (Å²) in [7, 11) is 0. The molecule has 0 bridgehead atoms. The Morgan fingerprint density at radius 3 is 2.60 bits per heavy atom. The first-order valence-corrected chi connectivity index (χ1v) is 9.34. The summed E-state index contributed by atoms with van der Waals surface area (Å²) in [6.45, 7) is 6.35. The summed E-state index contributed by atoms with van der Waals surface area (Å²) in [5, 5.41) is 3.61. The number of thiazole rings is 1. The van der Waals surface area contributed by atoms with Crippen LogP contribution in [0.15, 0.2) is 48.5 Å². The van der Waals surface area contributed by atoms with Crippen molar-refractivity contribution in [1.82, 2.24) is 4.98 Å². The average Bonchev–Trinajstić information content (AvgIpc) is 3.00. The predicted molar refractivity (Wildman–Crippen MR) is 105 cm³/mol. The van der Waals surface area contributed by atoms with Crippen LogP contribution in [0.4, 0.5) is 5.13 Å². The van der Waals surface area contributed by atoms with Crippen LogP contribution in [0.25, 0.3) is 11.3 Å². The monoisotopic (exact) mass is 350 g/mol. The molecule has 1 N–H and O–H groups in total. The second-order valence-electron chi connectivity index (χ2n) is 6.18. The van der Waals surface area contributed by atoms with Gasteiger partial charge in [0.2, 0.25) is 0 Å². The van der Waals surface area contributed by atoms with Crippen LogP contribution in [0, 0.1) is 13.8 Å². The molecule has 4 heteroatoms. The van der Waals surface area contributed by atoms with Crippen molar-refractivity contribution in [3.05, 3.63) is 70.1 Å². The summed E-state index contributed by atoms with van der Waals surface area (Å²) >= 11 is 1.57. The van der Waals surface area contributed by atoms with E-state index in [1.54, 1.807) is 11.3 Å². The second-order valence-corrected chi connectivity index (χ2v) is 7.26. The van der Waals surface area contributed by atoms with Gasteiger partial charge in [0.15, 0.2) is 5.13 Å². The molecule has 1 amide bonds. The first-order valence-electron chi connectivity index (χ1n) is 8.52. The van der Waals surface area contributed by atoms with Crippen LogP contribution in [-0.4, -0.2) is 10.9 Å². The van der Waals surface area contributed by atoms with E-state index in [0.717, 1.165) is 24.1 Å². The minimum Gasteiger partial charge on any atom is -0.298 e. The quantitative estimate of drug-likeness (QED) is 0.648. The van der Waals surface area contributed by atoms with Crippen molar-refractivity contribution in [1.29, 1.82) is 0 Å². The van der Waals surface area contributed by atoms with Crippen LogP contribution >= 0.6 is 11.3 Å². The number of aryl methyl sites for hydroxylation is 3. The Hall–Kier alpha value is -2.46. The zero-order valence-electron chi connectivity index (χ0n) is 14.8. The van der Waals surface area contributed by atoms with Gasteiger partial charge in [0.25, 0.3) is 5.91 Å². The van der Waals surface area contributed by atoms with Crippen molar-refractivity contribution >= 4 is 22.4 Å². The lowest BCUT2D eigenvalue weighted by Gasteiger charge is -2.06. The standard InChI is InChI=1S/C21H22N2OS/c1-4-8-18-19(17-13-14(2)11-12-15(17)3)22-21(25-18)23-20(24)16-9-6-5-7-10-16/h5-7,9-13H,4,8H2,1-3H3,(H,22,23,24). The summed E-state index contributed by atoms with van der Waals surface area (Å²) in [5.41, 5.74) is 5.21. The fourth-order valence-corrected chi connectivity index (χ4v) is 3.83. The van der Waals surface area contributed by atoms with Gasteiger partial charge < -0.3 is 0 Å². The van der Waals surface area contributed by atoms with Crippen molar-refractivity contribution in [2.24, 2.45) is 0 Å². The number of benzene rings is 2. The Kier molecular flexibility index (Phi) is 5.29. The molecule has 0 aliphatic heterocycles. The van der Waals surface area contributed by atoms with E-state index in [2.05, 4.69) is 44.3 Å². The number of carbonyl (C=O) groups excluding carboxylic acids is 1. The lowest BCUT2D eigenvalue weighted by molar-refractivity contribution is 0.102. The van der Waals surface area contributed by atoms with E-state index in [9.17, 15) is 4.79 Å². The van der Waals surface area contributed by atoms with Crippen LogP contribution < -0.4 is 5.32 Å². The summed E-state index contributed by atoms with van der Waals surface area (Å²) in [4.78, 5) is 18.4. The smallest absolute Gasteiger partial charge is 0.257 e. The molecule has 0 aliphatic rings. The number of carbonyl (C=O) groups is 1. The van der Waals surface area contributed by atoms with E-state index in [-0.39, 0.29) is 5.91 Å². The molecule has 2 aromatic carbocycles. The number of amides is 1. The molecule has 1 heterocycles. The maximum atomic E-state index is 12.4. The molecular weight excluding hydrogens is 328 g/mol. The van der Waals surface area contributed by atoms with Crippen LogP contribution in [0.2, 0.25) is 0 Å². The van der Waals surface area contributed by atoms with Gasteiger partial charge in [0, 0.05) is 16.0 Å². The zero-order chi connectivity index (χ0) is 17.8. The number of aromatic nitrogens is 1. The summed E-state index contributed by atoms with van der Waals surface area (Å²) in [6, 6.07) is 15.7. The van der Waals surface area contributed by atoms with E-state index in [4.69, 9.17) is 4.98 Å². The molecule has 0 saturated heterocycles. The van der Waals surface area contributed by atoms with E-state index in [0.29, 0.717) is 10.7 Å². The molecule has 0 atom stereocenters. The number of hydrogen-bond acceptors (Lipinski definition) is 3. The number of hydrogen-bond donors (Lipinski definition) is 1. The third-order valence-electron chi connectivity index (χ3n) is 4.08. The van der Waals surface area contributed by atoms with E-state index in [1.807, 2.05) is 30.3 Å². The molecule has 3 nitrogen and oxygen atoms in total. The highest BCUT2D eigenvalue weighted by Gasteiger charge is 2.16. The van der Waals surface area contributed by atoms with Crippen LogP contribution in [0.5, 0.6) is 0 Å². The number of anilines is 1. The fourth-order valence-electron chi connectivity index (χ4n) is 2.76. The Labute approximate surface area is 152 Å². The van der Waals surface area contributed by atoms with E-state index >= 15 is 0 Å². The molecule has 128 valence electrons. The maximum absolute atomic E-state index is 12.4. The molecule has 0 radical (unpaired) electrons. The molecule has 3 aromatic rings. The van der Waals surface area contributed by atoms with Gasteiger partial charge in [-0.3, -0.25) is 10.1 Å². The zero-order valence-corrected chi connectivity index (χ0v) is 15.6. The molecule has 0 fully saturated rings. The Bertz CT molecular complexity index is 884. The third-order valence-corrected chi connectivity index (χ3v) is 5.11. The molecule has 0 unspecified atom stereocenters. The van der Waals surface area contributed by atoms with Crippen LogP contribution in [-0.2, 0) is 6.42 Å². The Morgan fingerprint density at radius 2 is 1.88 bits per heavy atom. The van der Waals surface area contributed by atoms with Crippen molar-refractivity contribution in [2.45, 2.75) is 33.6 Å². The van der Waals surface area contributed by atoms with Crippen LogP contribution in [0.1, 0.15) is 39.7 Å². The molecular formula is C21H22N2OS. The largest absolute Gasteiger partial charge is 0.298 e. The lowest BCUT2D eigenvalue weighted by Crippen LogP contribution is -2.11. The van der Waals surface area contributed by atoms with Gasteiger partial charge in [-0.1, -0.05) is 49.2 Å². The van der Waals surface area contributed by atoms with Crippen molar-refractivity contribution < 1.29 is 4.79 Å². The molecule has 1 aromatic heterocycles. The first kappa shape index (κ1) is 17.4. The summed E-state index contributed by atoms with van der Waals surface area (Å²) in [5.74, 6) is -0.120. The number of nitrogens with zero attached hydrogens (tertiary/aromatic N) is 1. The third kappa shape index (κ3) is 3.97. The lowest BCUT2D eigenvalue weighted by atomic mass is 10.0. The second kappa shape index (κ2) is 7.62. The molecule has 0 saturated carbocycles. The van der Waals surface area contributed by atoms with Crippen molar-refractivity contribution in [3.8, 4) is 11.3 Å². The number of rotatable bonds is 5. The van der Waals surface area contributed by atoms with Gasteiger partial charge in [0.05, 0.1) is 5.69 Å². The molecule has 0 aliphatic carbocycles. The SMILES string of the molecule is CCCc1sc(NC(=O)c2ccccc2)nc1-c1cc(C)ccc1C. The minimum atomic E-state index is -0.120. The first-order chi connectivity index (χ1) is 12.1. The highest BCUT2D eigenvalue weighted by Crippen LogP contribution is 2.34. The molecule has 0 spiro atoms. The maximum Gasteiger partial charge on any atom is 0.257 e. The molecule has 3 rings (SSSR count). The van der Waals surface area contributed by atoms with Gasteiger partial charge in [-0.05, 0) is 44.0 Å². The molecule has 25 heavy (non-hydrogen) atoms. The topological polar surface area (TPSA) is 42.0 Å². The normalized spacial score (nSPS) is 10.7. The van der Waals surface area contributed by atoms with E-state index in [1.165, 1.54) is 16.0 Å². The van der Waals surface area contributed by atoms with Crippen molar-refractivity contribution in [2.75, 3.05) is 5.32 Å².